The minimum atomic E-state index is 0. The van der Waals surface area contributed by atoms with E-state index < -0.39 is 0 Å². The summed E-state index contributed by atoms with van der Waals surface area (Å²) < 4.78 is 0. The van der Waals surface area contributed by atoms with Crippen molar-refractivity contribution in [1.29, 1.82) is 0 Å². The molecule has 5 heteroatoms. The normalized spacial score (nSPS) is 10.2. The Kier molecular flexibility index (Phi) is 7.02. The largest absolute Gasteiger partial charge is 0.332 e. The number of rotatable bonds is 5. The van der Waals surface area contributed by atoms with Crippen molar-refractivity contribution in [3.05, 3.63) is 65.5 Å². The lowest BCUT2D eigenvalue weighted by atomic mass is 10.1. The number of halogens is 1. The van der Waals surface area contributed by atoms with Gasteiger partial charge in [0.1, 0.15) is 0 Å². The molecule has 0 unspecified atom stereocenters. The average Bonchev–Trinajstić information content (AvgIpc) is 2.52. The van der Waals surface area contributed by atoms with Crippen LogP contribution in [0, 0.1) is 0 Å². The summed E-state index contributed by atoms with van der Waals surface area (Å²) in [6.07, 6.45) is 1.64. The Morgan fingerprint density at radius 2 is 1.91 bits per heavy atom. The van der Waals surface area contributed by atoms with Gasteiger partial charge in [-0.15, -0.1) is 12.4 Å². The van der Waals surface area contributed by atoms with Gasteiger partial charge in [-0.3, -0.25) is 9.78 Å². The molecule has 0 saturated heterocycles. The summed E-state index contributed by atoms with van der Waals surface area (Å²) in [5.41, 5.74) is 8.07. The molecular formula is C17H22ClN3O. The molecule has 0 spiro atoms. The first-order valence-corrected chi connectivity index (χ1v) is 7.11. The zero-order chi connectivity index (χ0) is 15.2. The van der Waals surface area contributed by atoms with Gasteiger partial charge < -0.3 is 10.6 Å². The summed E-state index contributed by atoms with van der Waals surface area (Å²) in [7, 11) is 0. The van der Waals surface area contributed by atoms with Gasteiger partial charge in [-0.25, -0.2) is 0 Å². The van der Waals surface area contributed by atoms with Gasteiger partial charge in [-0.1, -0.05) is 30.3 Å². The number of nitrogens with zero attached hydrogens (tertiary/aromatic N) is 2. The molecule has 0 bridgehead atoms. The van der Waals surface area contributed by atoms with E-state index >= 15 is 0 Å². The number of nitrogens with two attached hydrogens (primary N) is 1. The maximum atomic E-state index is 12.7. The Labute approximate surface area is 137 Å². The highest BCUT2D eigenvalue weighted by molar-refractivity contribution is 5.94. The topological polar surface area (TPSA) is 59.2 Å². The summed E-state index contributed by atoms with van der Waals surface area (Å²) >= 11 is 0. The van der Waals surface area contributed by atoms with E-state index in [1.165, 1.54) is 0 Å². The molecule has 1 aromatic heterocycles. The molecule has 0 atom stereocenters. The van der Waals surface area contributed by atoms with Crippen molar-refractivity contribution in [2.24, 2.45) is 5.73 Å². The standard InChI is InChI=1S/C17H21N3O.ClH/c1-13(2)20(12-14-6-4-3-5-7-14)17(21)15-8-9-19-16(10-15)11-18;/h3-10,13H,11-12,18H2,1-2H3;1H. The van der Waals surface area contributed by atoms with Gasteiger partial charge in [0.05, 0.1) is 5.69 Å². The summed E-state index contributed by atoms with van der Waals surface area (Å²) in [6.45, 7) is 4.97. The average molecular weight is 320 g/mol. The summed E-state index contributed by atoms with van der Waals surface area (Å²) in [6, 6.07) is 13.6. The van der Waals surface area contributed by atoms with Crippen LogP contribution in [0.2, 0.25) is 0 Å². The number of aromatic nitrogens is 1. The minimum Gasteiger partial charge on any atom is -0.332 e. The van der Waals surface area contributed by atoms with Crippen LogP contribution in [0.4, 0.5) is 0 Å². The number of hydrogen-bond acceptors (Lipinski definition) is 3. The lowest BCUT2D eigenvalue weighted by Crippen LogP contribution is -2.36. The number of pyridine rings is 1. The number of hydrogen-bond donors (Lipinski definition) is 1. The smallest absolute Gasteiger partial charge is 0.254 e. The Balaban J connectivity index is 0.00000242. The second kappa shape index (κ2) is 8.51. The molecule has 118 valence electrons. The van der Waals surface area contributed by atoms with Crippen LogP contribution in [0.15, 0.2) is 48.7 Å². The zero-order valence-corrected chi connectivity index (χ0v) is 13.7. The van der Waals surface area contributed by atoms with Crippen molar-refractivity contribution in [2.45, 2.75) is 33.0 Å². The van der Waals surface area contributed by atoms with Crippen molar-refractivity contribution in [2.75, 3.05) is 0 Å². The molecule has 22 heavy (non-hydrogen) atoms. The highest BCUT2D eigenvalue weighted by atomic mass is 35.5. The van der Waals surface area contributed by atoms with Gasteiger partial charge in [0.15, 0.2) is 0 Å². The molecule has 1 amide bonds. The first-order valence-electron chi connectivity index (χ1n) is 7.11. The van der Waals surface area contributed by atoms with Crippen LogP contribution in [-0.4, -0.2) is 21.8 Å². The van der Waals surface area contributed by atoms with Gasteiger partial charge in [-0.05, 0) is 31.5 Å². The van der Waals surface area contributed by atoms with Crippen LogP contribution in [0.1, 0.15) is 35.5 Å². The zero-order valence-electron chi connectivity index (χ0n) is 12.9. The molecule has 0 saturated carbocycles. The predicted octanol–water partition coefficient (Wildman–Crippen LogP) is 3.01. The van der Waals surface area contributed by atoms with Crippen LogP contribution in [-0.2, 0) is 13.1 Å². The lowest BCUT2D eigenvalue weighted by Gasteiger charge is -2.27. The Bertz CT molecular complexity index is 602. The molecule has 0 radical (unpaired) electrons. The van der Waals surface area contributed by atoms with Gasteiger partial charge >= 0.3 is 0 Å². The molecule has 0 aliphatic carbocycles. The van der Waals surface area contributed by atoms with E-state index in [1.54, 1.807) is 18.3 Å². The van der Waals surface area contributed by atoms with E-state index in [4.69, 9.17) is 5.73 Å². The summed E-state index contributed by atoms with van der Waals surface area (Å²) in [4.78, 5) is 18.7. The molecule has 2 N–H and O–H groups in total. The van der Waals surface area contributed by atoms with Gasteiger partial charge in [-0.2, -0.15) is 0 Å². The van der Waals surface area contributed by atoms with Crippen molar-refractivity contribution < 1.29 is 4.79 Å². The second-order valence-electron chi connectivity index (χ2n) is 5.25. The summed E-state index contributed by atoms with van der Waals surface area (Å²) in [5.74, 6) is 0.00551. The monoisotopic (exact) mass is 319 g/mol. The fourth-order valence-corrected chi connectivity index (χ4v) is 2.16. The van der Waals surface area contributed by atoms with Crippen LogP contribution < -0.4 is 5.73 Å². The summed E-state index contributed by atoms with van der Waals surface area (Å²) in [5, 5.41) is 0. The number of carbonyl (C=O) groups excluding carboxylic acids is 1. The van der Waals surface area contributed by atoms with E-state index in [2.05, 4.69) is 4.98 Å². The third-order valence-electron chi connectivity index (χ3n) is 3.35. The quantitative estimate of drug-likeness (QED) is 0.921. The van der Waals surface area contributed by atoms with E-state index in [0.717, 1.165) is 11.3 Å². The number of benzene rings is 1. The highest BCUT2D eigenvalue weighted by Gasteiger charge is 2.19. The molecule has 0 aliphatic heterocycles. The van der Waals surface area contributed by atoms with Gasteiger partial charge in [0, 0.05) is 30.9 Å². The molecule has 2 aromatic rings. The molecule has 4 nitrogen and oxygen atoms in total. The lowest BCUT2D eigenvalue weighted by molar-refractivity contribution is 0.0690. The first kappa shape index (κ1) is 18.1. The Morgan fingerprint density at radius 3 is 2.50 bits per heavy atom. The molecule has 0 fully saturated rings. The predicted molar refractivity (Wildman–Crippen MR) is 90.8 cm³/mol. The van der Waals surface area contributed by atoms with Crippen LogP contribution >= 0.6 is 12.4 Å². The molecule has 0 aliphatic rings. The van der Waals surface area contributed by atoms with E-state index in [0.29, 0.717) is 18.7 Å². The fourth-order valence-electron chi connectivity index (χ4n) is 2.16. The first-order chi connectivity index (χ1) is 10.1. The van der Waals surface area contributed by atoms with Crippen molar-refractivity contribution in [1.82, 2.24) is 9.88 Å². The molecular weight excluding hydrogens is 298 g/mol. The maximum absolute atomic E-state index is 12.7. The number of amides is 1. The minimum absolute atomic E-state index is 0. The number of carbonyl (C=O) groups is 1. The molecule has 1 aromatic carbocycles. The second-order valence-corrected chi connectivity index (χ2v) is 5.25. The van der Waals surface area contributed by atoms with E-state index in [1.807, 2.05) is 49.1 Å². The van der Waals surface area contributed by atoms with Crippen LogP contribution in [0.5, 0.6) is 0 Å². The van der Waals surface area contributed by atoms with E-state index in [-0.39, 0.29) is 24.4 Å². The van der Waals surface area contributed by atoms with Crippen molar-refractivity contribution in [3.8, 4) is 0 Å². The third kappa shape index (κ3) is 4.55. The van der Waals surface area contributed by atoms with E-state index in [9.17, 15) is 4.79 Å². The van der Waals surface area contributed by atoms with Crippen molar-refractivity contribution >= 4 is 18.3 Å². The highest BCUT2D eigenvalue weighted by Crippen LogP contribution is 2.13. The SMILES string of the molecule is CC(C)N(Cc1ccccc1)C(=O)c1ccnc(CN)c1.Cl. The molecule has 2 rings (SSSR count). The maximum Gasteiger partial charge on any atom is 0.254 e. The fraction of sp³-hybridized carbons (Fsp3) is 0.294. The van der Waals surface area contributed by atoms with Crippen LogP contribution in [0.3, 0.4) is 0 Å². The Morgan fingerprint density at radius 1 is 1.23 bits per heavy atom. The Hall–Kier alpha value is -1.91. The van der Waals surface area contributed by atoms with Gasteiger partial charge in [0.2, 0.25) is 0 Å². The van der Waals surface area contributed by atoms with Crippen LogP contribution in [0.25, 0.3) is 0 Å². The third-order valence-corrected chi connectivity index (χ3v) is 3.35. The van der Waals surface area contributed by atoms with Crippen molar-refractivity contribution in [3.63, 3.8) is 0 Å². The van der Waals surface area contributed by atoms with Gasteiger partial charge in [0.25, 0.3) is 5.91 Å². The molecule has 1 heterocycles.